The second-order valence-electron chi connectivity index (χ2n) is 7.04. The molecule has 0 aliphatic carbocycles. The first kappa shape index (κ1) is 19.3. The zero-order valence-corrected chi connectivity index (χ0v) is 16.3. The number of sulfone groups is 1. The third kappa shape index (κ3) is 5.03. The minimum Gasteiger partial charge on any atom is -0.350 e. The quantitative estimate of drug-likeness (QED) is 0.811. The Kier molecular flexibility index (Phi) is 5.74. The van der Waals surface area contributed by atoms with E-state index in [0.717, 1.165) is 5.56 Å². The van der Waals surface area contributed by atoms with E-state index in [2.05, 4.69) is 34.0 Å². The molecule has 0 saturated carbocycles. The lowest BCUT2D eigenvalue weighted by atomic mass is 10.2. The Morgan fingerprint density at radius 2 is 2.00 bits per heavy atom. The number of hydrogen-bond acceptors (Lipinski definition) is 6. The number of amides is 1. The lowest BCUT2D eigenvalue weighted by molar-refractivity contribution is 0.0936. The molecule has 1 aliphatic heterocycles. The number of nitrogens with zero attached hydrogens (tertiary/aromatic N) is 3. The molecule has 0 spiro atoms. The molecule has 2 heterocycles. The normalized spacial score (nSPS) is 18.4. The minimum absolute atomic E-state index is 0.0111. The minimum atomic E-state index is -3.05. The van der Waals surface area contributed by atoms with E-state index in [1.54, 1.807) is 6.07 Å². The fourth-order valence-electron chi connectivity index (χ4n) is 3.10. The molecule has 1 aromatic carbocycles. The van der Waals surface area contributed by atoms with Crippen molar-refractivity contribution in [3.63, 3.8) is 0 Å². The lowest BCUT2D eigenvalue weighted by Crippen LogP contribution is -2.36. The molecule has 27 heavy (non-hydrogen) atoms. The molecule has 3 rings (SSSR count). The largest absolute Gasteiger partial charge is 0.350 e. The highest BCUT2D eigenvalue weighted by atomic mass is 32.2. The van der Waals surface area contributed by atoms with Gasteiger partial charge in [0.25, 0.3) is 5.91 Å². The molecule has 0 bridgehead atoms. The van der Waals surface area contributed by atoms with Crippen LogP contribution in [0.25, 0.3) is 0 Å². The van der Waals surface area contributed by atoms with Crippen LogP contribution in [0.4, 0.5) is 5.82 Å². The van der Waals surface area contributed by atoms with Gasteiger partial charge in [-0.15, -0.1) is 0 Å². The van der Waals surface area contributed by atoms with Gasteiger partial charge in [0.15, 0.2) is 9.84 Å². The fraction of sp³-hybridized carbons (Fsp3) is 0.421. The number of rotatable bonds is 6. The van der Waals surface area contributed by atoms with Crippen molar-refractivity contribution in [2.45, 2.75) is 38.9 Å². The molecule has 1 aliphatic rings. The number of nitrogens with one attached hydrogen (secondary N) is 1. The second kappa shape index (κ2) is 8.04. The van der Waals surface area contributed by atoms with Crippen molar-refractivity contribution in [1.82, 2.24) is 15.3 Å². The average molecular weight is 388 g/mol. The van der Waals surface area contributed by atoms with E-state index in [-0.39, 0.29) is 35.2 Å². The van der Waals surface area contributed by atoms with E-state index in [4.69, 9.17) is 0 Å². The van der Waals surface area contributed by atoms with Crippen LogP contribution in [0.2, 0.25) is 0 Å². The summed E-state index contributed by atoms with van der Waals surface area (Å²) in [5.74, 6) is 0.394. The van der Waals surface area contributed by atoms with Crippen molar-refractivity contribution in [2.75, 3.05) is 16.4 Å². The highest BCUT2D eigenvalue weighted by molar-refractivity contribution is 7.91. The SMILES string of the molecule is CC(C)N(Cc1ccccc1)c1cc(C(=O)NC2CCS(=O)(=O)C2)ncn1. The molecule has 1 saturated heterocycles. The van der Waals surface area contributed by atoms with Crippen molar-refractivity contribution >= 4 is 21.6 Å². The Bertz CT molecular complexity index is 900. The van der Waals surface area contributed by atoms with Crippen molar-refractivity contribution in [1.29, 1.82) is 0 Å². The summed E-state index contributed by atoms with van der Waals surface area (Å²) in [6, 6.07) is 11.5. The van der Waals surface area contributed by atoms with E-state index in [0.29, 0.717) is 18.8 Å². The van der Waals surface area contributed by atoms with Gasteiger partial charge in [0.2, 0.25) is 0 Å². The number of hydrogen-bond donors (Lipinski definition) is 1. The van der Waals surface area contributed by atoms with Gasteiger partial charge >= 0.3 is 0 Å². The predicted molar refractivity (Wildman–Crippen MR) is 104 cm³/mol. The molecule has 2 aromatic rings. The van der Waals surface area contributed by atoms with E-state index >= 15 is 0 Å². The van der Waals surface area contributed by atoms with Crippen LogP contribution in [0.3, 0.4) is 0 Å². The molecule has 1 fully saturated rings. The van der Waals surface area contributed by atoms with Crippen LogP contribution in [0.15, 0.2) is 42.7 Å². The van der Waals surface area contributed by atoms with Gasteiger partial charge < -0.3 is 10.2 Å². The van der Waals surface area contributed by atoms with Crippen molar-refractivity contribution in [3.8, 4) is 0 Å². The molecule has 1 N–H and O–H groups in total. The van der Waals surface area contributed by atoms with Crippen LogP contribution in [-0.4, -0.2) is 47.9 Å². The molecule has 1 unspecified atom stereocenters. The van der Waals surface area contributed by atoms with Gasteiger partial charge in [-0.2, -0.15) is 0 Å². The van der Waals surface area contributed by atoms with E-state index in [1.807, 2.05) is 30.3 Å². The van der Waals surface area contributed by atoms with Gasteiger partial charge in [0.05, 0.1) is 11.5 Å². The lowest BCUT2D eigenvalue weighted by Gasteiger charge is -2.28. The third-order valence-corrected chi connectivity index (χ3v) is 6.33. The van der Waals surface area contributed by atoms with E-state index < -0.39 is 9.84 Å². The Labute approximate surface area is 159 Å². The molecule has 144 valence electrons. The third-order valence-electron chi connectivity index (χ3n) is 4.57. The van der Waals surface area contributed by atoms with E-state index in [9.17, 15) is 13.2 Å². The molecule has 7 nitrogen and oxygen atoms in total. The molecule has 1 amide bonds. The highest BCUT2D eigenvalue weighted by Gasteiger charge is 2.29. The van der Waals surface area contributed by atoms with Gasteiger partial charge in [-0.3, -0.25) is 4.79 Å². The summed E-state index contributed by atoms with van der Waals surface area (Å²) in [6.07, 6.45) is 1.81. The summed E-state index contributed by atoms with van der Waals surface area (Å²) in [4.78, 5) is 23.0. The summed E-state index contributed by atoms with van der Waals surface area (Å²) < 4.78 is 23.1. The van der Waals surface area contributed by atoms with Gasteiger partial charge in [0.1, 0.15) is 17.8 Å². The van der Waals surface area contributed by atoms with E-state index in [1.165, 1.54) is 6.33 Å². The zero-order chi connectivity index (χ0) is 19.4. The summed E-state index contributed by atoms with van der Waals surface area (Å²) in [5.41, 5.74) is 1.38. The van der Waals surface area contributed by atoms with Crippen LogP contribution in [-0.2, 0) is 16.4 Å². The van der Waals surface area contributed by atoms with Crippen LogP contribution < -0.4 is 10.2 Å². The van der Waals surface area contributed by atoms with Crippen LogP contribution >= 0.6 is 0 Å². The van der Waals surface area contributed by atoms with Crippen molar-refractivity contribution < 1.29 is 13.2 Å². The number of anilines is 1. The fourth-order valence-corrected chi connectivity index (χ4v) is 4.78. The Morgan fingerprint density at radius 3 is 2.63 bits per heavy atom. The summed E-state index contributed by atoms with van der Waals surface area (Å²) >= 11 is 0. The smallest absolute Gasteiger partial charge is 0.270 e. The topological polar surface area (TPSA) is 92.3 Å². The molecule has 1 atom stereocenters. The number of benzene rings is 1. The maximum Gasteiger partial charge on any atom is 0.270 e. The first-order valence-electron chi connectivity index (χ1n) is 8.98. The number of aromatic nitrogens is 2. The van der Waals surface area contributed by atoms with Gasteiger partial charge in [-0.05, 0) is 25.8 Å². The molecule has 8 heteroatoms. The zero-order valence-electron chi connectivity index (χ0n) is 15.5. The monoisotopic (exact) mass is 388 g/mol. The predicted octanol–water partition coefficient (Wildman–Crippen LogP) is 1.81. The van der Waals surface area contributed by atoms with Gasteiger partial charge in [-0.1, -0.05) is 30.3 Å². The molecular weight excluding hydrogens is 364 g/mol. The number of carbonyl (C=O) groups excluding carboxylic acids is 1. The average Bonchev–Trinajstić information content (AvgIpc) is 2.98. The molecule has 1 aromatic heterocycles. The Balaban J connectivity index is 1.75. The first-order valence-corrected chi connectivity index (χ1v) is 10.8. The van der Waals surface area contributed by atoms with Crippen molar-refractivity contribution in [2.24, 2.45) is 0 Å². The number of carbonyl (C=O) groups is 1. The molecular formula is C19H24N4O3S. The second-order valence-corrected chi connectivity index (χ2v) is 9.27. The standard InChI is InChI=1S/C19H24N4O3S/c1-14(2)23(11-15-6-4-3-5-7-15)18-10-17(20-13-21-18)19(24)22-16-8-9-27(25,26)12-16/h3-7,10,13-14,16H,8-9,11-12H2,1-2H3,(H,22,24). The summed E-state index contributed by atoms with van der Waals surface area (Å²) in [6.45, 7) is 4.79. The maximum absolute atomic E-state index is 12.5. The Morgan fingerprint density at radius 1 is 1.26 bits per heavy atom. The molecule has 0 radical (unpaired) electrons. The highest BCUT2D eigenvalue weighted by Crippen LogP contribution is 2.19. The van der Waals surface area contributed by atoms with Gasteiger partial charge in [0, 0.05) is 24.7 Å². The van der Waals surface area contributed by atoms with Crippen LogP contribution in [0.1, 0.15) is 36.3 Å². The van der Waals surface area contributed by atoms with Crippen LogP contribution in [0.5, 0.6) is 0 Å². The van der Waals surface area contributed by atoms with Crippen LogP contribution in [0, 0.1) is 0 Å². The summed E-state index contributed by atoms with van der Waals surface area (Å²) in [7, 11) is -3.05. The maximum atomic E-state index is 12.5. The van der Waals surface area contributed by atoms with Crippen molar-refractivity contribution in [3.05, 3.63) is 54.0 Å². The Hall–Kier alpha value is -2.48. The van der Waals surface area contributed by atoms with Gasteiger partial charge in [-0.25, -0.2) is 18.4 Å². The summed E-state index contributed by atoms with van der Waals surface area (Å²) in [5, 5.41) is 2.77. The first-order chi connectivity index (χ1) is 12.8.